The maximum Gasteiger partial charge on any atom is 0.337 e. The van der Waals surface area contributed by atoms with Gasteiger partial charge in [-0.15, -0.1) is 0 Å². The number of esters is 1. The number of aliphatic hydroxyl groups is 3. The van der Waals surface area contributed by atoms with Gasteiger partial charge in [0.25, 0.3) is 5.91 Å². The van der Waals surface area contributed by atoms with Gasteiger partial charge in [0.1, 0.15) is 22.8 Å². The Balaban J connectivity index is 1.49. The predicted molar refractivity (Wildman–Crippen MR) is 153 cm³/mol. The lowest BCUT2D eigenvalue weighted by molar-refractivity contribution is -0.147. The number of amides is 1. The number of primary amides is 1. The fourth-order valence-corrected chi connectivity index (χ4v) is 6.71. The molecule has 2 aromatic carbocycles. The monoisotopic (exact) mass is 614 g/mol. The van der Waals surface area contributed by atoms with Gasteiger partial charge >= 0.3 is 5.97 Å². The van der Waals surface area contributed by atoms with Crippen LogP contribution in [0.4, 0.5) is 0 Å². The summed E-state index contributed by atoms with van der Waals surface area (Å²) in [7, 11) is 1.21. The van der Waals surface area contributed by atoms with Crippen molar-refractivity contribution in [2.75, 3.05) is 7.11 Å². The van der Waals surface area contributed by atoms with Gasteiger partial charge in [0, 0.05) is 30.4 Å². The molecule has 13 heteroatoms. The van der Waals surface area contributed by atoms with E-state index in [-0.39, 0.29) is 47.5 Å². The first-order valence-electron chi connectivity index (χ1n) is 13.9. The first-order chi connectivity index (χ1) is 21.4. The van der Waals surface area contributed by atoms with Crippen molar-refractivity contribution in [3.8, 4) is 16.9 Å². The Bertz CT molecular complexity index is 1900. The second-order valence-electron chi connectivity index (χ2n) is 11.3. The van der Waals surface area contributed by atoms with Crippen molar-refractivity contribution in [2.24, 2.45) is 17.6 Å². The molecule has 45 heavy (non-hydrogen) atoms. The second-order valence-corrected chi connectivity index (χ2v) is 11.3. The predicted octanol–water partition coefficient (Wildman–Crippen LogP) is 2.29. The summed E-state index contributed by atoms with van der Waals surface area (Å²) in [5.41, 5.74) is 3.15. The number of aromatic nitrogens is 1. The van der Waals surface area contributed by atoms with Gasteiger partial charge in [-0.2, -0.15) is 0 Å². The van der Waals surface area contributed by atoms with Gasteiger partial charge in [-0.05, 0) is 59.2 Å². The van der Waals surface area contributed by atoms with Crippen molar-refractivity contribution in [3.63, 3.8) is 0 Å². The van der Waals surface area contributed by atoms with E-state index in [1.54, 1.807) is 12.1 Å². The Kier molecular flexibility index (Phi) is 6.92. The number of nitrogens with zero attached hydrogens (tertiary/aromatic N) is 1. The zero-order valence-electron chi connectivity index (χ0n) is 23.7. The quantitative estimate of drug-likeness (QED) is 0.153. The van der Waals surface area contributed by atoms with Gasteiger partial charge in [0.15, 0.2) is 11.4 Å². The molecule has 1 heterocycles. The lowest BCUT2D eigenvalue weighted by atomic mass is 9.59. The largest absolute Gasteiger partial charge is 0.508 e. The average Bonchev–Trinajstić information content (AvgIpc) is 3.54. The summed E-state index contributed by atoms with van der Waals surface area (Å²) in [6.45, 7) is 0. The third kappa shape index (κ3) is 4.51. The number of nitrogens with two attached hydrogens (primary N) is 1. The Morgan fingerprint density at radius 1 is 1.09 bits per heavy atom. The van der Waals surface area contributed by atoms with E-state index in [1.165, 1.54) is 37.6 Å². The molecule has 0 aliphatic heterocycles. The fraction of sp³-hybridized carbons (Fsp3) is 0.250. The van der Waals surface area contributed by atoms with Crippen LogP contribution in [0.15, 0.2) is 64.0 Å². The van der Waals surface area contributed by atoms with Crippen molar-refractivity contribution in [3.05, 3.63) is 87.5 Å². The van der Waals surface area contributed by atoms with E-state index in [1.807, 2.05) is 0 Å². The standard InChI is InChI=1S/C32H26N2O11/c1-44-31(42)16-7-13(8-21(36)23-4-5-34-45-23)6-14(9-16)18-2-3-20(35)25-19(18)11-15-10-17-12-22(37)26(30(33)41)29(40)32(17,43)28(39)24(15)27(25)38/h2-7,9,15,17,35,38,40,43H,8,10-12H2,1H3,(H2,33,41)/t15-,17+,32+/m1/s1. The molecule has 0 bridgehead atoms. The molecule has 3 aliphatic rings. The Morgan fingerprint density at radius 2 is 1.84 bits per heavy atom. The summed E-state index contributed by atoms with van der Waals surface area (Å²) in [4.78, 5) is 63.7. The lowest BCUT2D eigenvalue weighted by Gasteiger charge is -2.46. The Labute approximate surface area is 254 Å². The van der Waals surface area contributed by atoms with E-state index in [0.29, 0.717) is 22.3 Å². The van der Waals surface area contributed by atoms with Crippen molar-refractivity contribution in [1.29, 1.82) is 0 Å². The molecule has 1 amide bonds. The highest BCUT2D eigenvalue weighted by Crippen LogP contribution is 2.53. The van der Waals surface area contributed by atoms with Crippen LogP contribution in [0.25, 0.3) is 16.9 Å². The lowest BCUT2D eigenvalue weighted by Crippen LogP contribution is -2.58. The number of carbonyl (C=O) groups is 5. The molecule has 6 N–H and O–H groups in total. The van der Waals surface area contributed by atoms with Gasteiger partial charge in [-0.1, -0.05) is 17.3 Å². The van der Waals surface area contributed by atoms with Crippen LogP contribution in [0.5, 0.6) is 5.75 Å². The van der Waals surface area contributed by atoms with E-state index >= 15 is 0 Å². The van der Waals surface area contributed by atoms with Crippen LogP contribution < -0.4 is 5.73 Å². The molecule has 0 saturated heterocycles. The number of aromatic hydroxyl groups is 1. The van der Waals surface area contributed by atoms with Crippen LogP contribution in [0.2, 0.25) is 0 Å². The number of ether oxygens (including phenoxy) is 1. The van der Waals surface area contributed by atoms with Crippen LogP contribution in [-0.2, 0) is 32.0 Å². The van der Waals surface area contributed by atoms with Gasteiger partial charge in [-0.3, -0.25) is 19.2 Å². The van der Waals surface area contributed by atoms with Crippen LogP contribution in [0, 0.1) is 11.8 Å². The Hall–Kier alpha value is -5.56. The minimum absolute atomic E-state index is 0.0246. The second kappa shape index (κ2) is 10.6. The molecule has 3 aromatic rings. The highest BCUT2D eigenvalue weighted by molar-refractivity contribution is 6.22. The van der Waals surface area contributed by atoms with Crippen LogP contribution >= 0.6 is 0 Å². The molecule has 1 aromatic heterocycles. The molecule has 0 radical (unpaired) electrons. The van der Waals surface area contributed by atoms with Crippen molar-refractivity contribution in [1.82, 2.24) is 5.16 Å². The smallest absolute Gasteiger partial charge is 0.337 e. The van der Waals surface area contributed by atoms with Gasteiger partial charge < -0.3 is 35.4 Å². The molecule has 3 atom stereocenters. The number of phenols is 1. The molecule has 1 fully saturated rings. The summed E-state index contributed by atoms with van der Waals surface area (Å²) < 4.78 is 9.86. The number of fused-ring (bicyclic) bond motifs is 3. The minimum Gasteiger partial charge on any atom is -0.508 e. The number of hydrogen-bond donors (Lipinski definition) is 5. The summed E-state index contributed by atoms with van der Waals surface area (Å²) in [5, 5.41) is 48.1. The van der Waals surface area contributed by atoms with Gasteiger partial charge in [0.05, 0.1) is 24.4 Å². The number of aliphatic hydroxyl groups excluding tert-OH is 2. The number of hydrogen-bond acceptors (Lipinski definition) is 12. The van der Waals surface area contributed by atoms with E-state index in [2.05, 4.69) is 5.16 Å². The number of phenolic OH excluding ortho intramolecular Hbond substituents is 1. The van der Waals surface area contributed by atoms with Gasteiger partial charge in [-0.25, -0.2) is 4.79 Å². The fourth-order valence-electron chi connectivity index (χ4n) is 6.71. The number of methoxy groups -OCH3 is 1. The molecule has 6 rings (SSSR count). The summed E-state index contributed by atoms with van der Waals surface area (Å²) in [6, 6.07) is 8.92. The summed E-state index contributed by atoms with van der Waals surface area (Å²) in [5.74, 6) is -8.35. The molecule has 0 unspecified atom stereocenters. The van der Waals surface area contributed by atoms with Crippen molar-refractivity contribution >= 4 is 35.0 Å². The van der Waals surface area contributed by atoms with Crippen LogP contribution in [0.1, 0.15) is 50.4 Å². The maximum atomic E-state index is 13.8. The normalized spacial score (nSPS) is 22.4. The van der Waals surface area contributed by atoms with Crippen molar-refractivity contribution < 1.29 is 53.7 Å². The molecule has 230 valence electrons. The molecule has 0 spiro atoms. The first kappa shape index (κ1) is 29.5. The number of rotatable bonds is 6. The number of carbonyl (C=O) groups excluding carboxylic acids is 5. The van der Waals surface area contributed by atoms with E-state index < -0.39 is 70.2 Å². The topological polar surface area (TPSA) is 228 Å². The zero-order valence-corrected chi connectivity index (χ0v) is 23.7. The molecular weight excluding hydrogens is 588 g/mol. The third-order valence-electron chi connectivity index (χ3n) is 8.75. The molecule has 3 aliphatic carbocycles. The number of Topliss-reactive ketones (excluding diaryl/α,β-unsaturated/α-hetero) is 3. The Morgan fingerprint density at radius 3 is 2.51 bits per heavy atom. The summed E-state index contributed by atoms with van der Waals surface area (Å²) in [6.07, 6.45) is 0.732. The maximum absolute atomic E-state index is 13.8. The first-order valence-corrected chi connectivity index (χ1v) is 13.9. The average molecular weight is 615 g/mol. The number of benzene rings is 2. The van der Waals surface area contributed by atoms with Gasteiger partial charge in [0.2, 0.25) is 17.3 Å². The SMILES string of the molecule is COC(=O)c1cc(CC(=O)c2ccno2)cc(-c2ccc(O)c3c2C[C@H]2C[C@H]4CC(=O)C(C(N)=O)=C(O)[C@@]4(O)C(=O)C2=C3O)c1. The third-order valence-corrected chi connectivity index (χ3v) is 8.75. The van der Waals surface area contributed by atoms with Crippen LogP contribution in [-0.4, -0.2) is 67.5 Å². The van der Waals surface area contributed by atoms with E-state index in [0.717, 1.165) is 0 Å². The van der Waals surface area contributed by atoms with Crippen LogP contribution in [0.3, 0.4) is 0 Å². The zero-order chi connectivity index (χ0) is 32.4. The number of ketones is 3. The highest BCUT2D eigenvalue weighted by atomic mass is 16.5. The molecule has 1 saturated carbocycles. The highest BCUT2D eigenvalue weighted by Gasteiger charge is 2.60. The van der Waals surface area contributed by atoms with E-state index in [9.17, 15) is 44.4 Å². The summed E-state index contributed by atoms with van der Waals surface area (Å²) >= 11 is 0. The minimum atomic E-state index is -2.68. The molecule has 13 nitrogen and oxygen atoms in total. The van der Waals surface area contributed by atoms with E-state index in [4.69, 9.17) is 15.0 Å². The molecular formula is C32H26N2O11. The van der Waals surface area contributed by atoms with Crippen molar-refractivity contribution in [2.45, 2.75) is 31.3 Å².